The number of rotatable bonds is 6. The molecule has 0 saturated carbocycles. The number of hydrogen-bond donors (Lipinski definition) is 1. The quantitative estimate of drug-likeness (QED) is 0.803. The van der Waals surface area contributed by atoms with Crippen molar-refractivity contribution in [1.29, 1.82) is 0 Å². The van der Waals surface area contributed by atoms with Gasteiger partial charge in [0, 0.05) is 23.4 Å². The van der Waals surface area contributed by atoms with E-state index in [2.05, 4.69) is 41.5 Å². The monoisotopic (exact) mass is 260 g/mol. The van der Waals surface area contributed by atoms with Crippen LogP contribution in [0, 0.1) is 0 Å². The van der Waals surface area contributed by atoms with Crippen molar-refractivity contribution in [2.45, 2.75) is 19.4 Å². The van der Waals surface area contributed by atoms with Crippen molar-refractivity contribution in [3.63, 3.8) is 0 Å². The van der Waals surface area contributed by atoms with Gasteiger partial charge in [-0.3, -0.25) is 4.98 Å². The topological polar surface area (TPSA) is 24.9 Å². The fraction of sp³-hybridized carbons (Fsp3) is 0.400. The van der Waals surface area contributed by atoms with Crippen LogP contribution < -0.4 is 5.32 Å². The first-order valence-electron chi connectivity index (χ1n) is 6.45. The Balaban J connectivity index is 2.27. The summed E-state index contributed by atoms with van der Waals surface area (Å²) in [6.07, 6.45) is 3.09. The lowest BCUT2D eigenvalue weighted by Gasteiger charge is -2.18. The van der Waals surface area contributed by atoms with E-state index in [9.17, 15) is 0 Å². The maximum atomic E-state index is 4.42. The zero-order chi connectivity index (χ0) is 12.8. The van der Waals surface area contributed by atoms with Gasteiger partial charge in [0.2, 0.25) is 0 Å². The van der Waals surface area contributed by atoms with Crippen LogP contribution in [0.1, 0.15) is 24.9 Å². The van der Waals surface area contributed by atoms with Crippen LogP contribution in [0.2, 0.25) is 0 Å². The molecule has 0 spiro atoms. The van der Waals surface area contributed by atoms with E-state index in [1.807, 2.05) is 31.1 Å². The largest absolute Gasteiger partial charge is 0.312 e. The highest BCUT2D eigenvalue weighted by molar-refractivity contribution is 7.99. The summed E-state index contributed by atoms with van der Waals surface area (Å²) in [4.78, 5) is 4.42. The first-order valence-corrected chi connectivity index (χ1v) is 7.61. The third-order valence-corrected chi connectivity index (χ3v) is 4.30. The Morgan fingerprint density at radius 1 is 1.28 bits per heavy atom. The third-order valence-electron chi connectivity index (χ3n) is 3.04. The predicted octanol–water partition coefficient (Wildman–Crippen LogP) is 3.64. The molecule has 0 fully saturated rings. The second kappa shape index (κ2) is 6.76. The molecular weight excluding hydrogens is 240 g/mol. The highest BCUT2D eigenvalue weighted by atomic mass is 32.2. The average Bonchev–Trinajstić information content (AvgIpc) is 2.43. The summed E-state index contributed by atoms with van der Waals surface area (Å²) < 4.78 is 0. The molecule has 96 valence electrons. The number of hydrogen-bond acceptors (Lipinski definition) is 3. The van der Waals surface area contributed by atoms with Gasteiger partial charge in [0.15, 0.2) is 0 Å². The molecule has 0 aliphatic carbocycles. The van der Waals surface area contributed by atoms with E-state index in [1.165, 1.54) is 23.1 Å². The van der Waals surface area contributed by atoms with Crippen molar-refractivity contribution in [1.82, 2.24) is 10.3 Å². The molecule has 2 nitrogen and oxygen atoms in total. The first-order chi connectivity index (χ1) is 8.86. The standard InChI is InChI=1S/C15H20N2S/c1-3-10-18-11-15(16-2)13-6-4-8-14-12(13)7-5-9-17-14/h4-9,15-16H,3,10-11H2,1-2H3. The molecule has 0 aliphatic rings. The van der Waals surface area contributed by atoms with Crippen molar-refractivity contribution in [3.8, 4) is 0 Å². The fourth-order valence-electron chi connectivity index (χ4n) is 2.11. The Bertz CT molecular complexity index is 493. The third kappa shape index (κ3) is 3.03. The molecule has 0 amide bonds. The lowest BCUT2D eigenvalue weighted by atomic mass is 10.0. The van der Waals surface area contributed by atoms with Crippen molar-refractivity contribution in [2.75, 3.05) is 18.6 Å². The van der Waals surface area contributed by atoms with Crippen molar-refractivity contribution in [2.24, 2.45) is 0 Å². The van der Waals surface area contributed by atoms with E-state index in [4.69, 9.17) is 0 Å². The second-order valence-electron chi connectivity index (χ2n) is 4.33. The van der Waals surface area contributed by atoms with Gasteiger partial charge in [-0.1, -0.05) is 25.1 Å². The Labute approximate surface area is 113 Å². The Morgan fingerprint density at radius 3 is 2.94 bits per heavy atom. The van der Waals surface area contributed by atoms with Gasteiger partial charge in [0.1, 0.15) is 0 Å². The minimum absolute atomic E-state index is 0.398. The lowest BCUT2D eigenvalue weighted by molar-refractivity contribution is 0.666. The van der Waals surface area contributed by atoms with E-state index in [-0.39, 0.29) is 0 Å². The summed E-state index contributed by atoms with van der Waals surface area (Å²) in [6, 6.07) is 10.9. The summed E-state index contributed by atoms with van der Waals surface area (Å²) in [5, 5.41) is 4.68. The van der Waals surface area contributed by atoms with Gasteiger partial charge in [-0.25, -0.2) is 0 Å². The maximum Gasteiger partial charge on any atom is 0.0705 e. The zero-order valence-electron chi connectivity index (χ0n) is 11.0. The van der Waals surface area contributed by atoms with E-state index in [1.54, 1.807) is 0 Å². The first kappa shape index (κ1) is 13.4. The molecule has 2 rings (SSSR count). The van der Waals surface area contributed by atoms with Gasteiger partial charge in [-0.2, -0.15) is 11.8 Å². The maximum absolute atomic E-state index is 4.42. The SMILES string of the molecule is CCCSCC(NC)c1cccc2ncccc12. The normalized spacial score (nSPS) is 12.8. The Kier molecular flexibility index (Phi) is 5.02. The number of fused-ring (bicyclic) bond motifs is 1. The molecule has 1 unspecified atom stereocenters. The smallest absolute Gasteiger partial charge is 0.0705 e. The average molecular weight is 260 g/mol. The van der Waals surface area contributed by atoms with E-state index in [0.29, 0.717) is 6.04 Å². The molecule has 1 N–H and O–H groups in total. The van der Waals surface area contributed by atoms with E-state index >= 15 is 0 Å². The van der Waals surface area contributed by atoms with Crippen LogP contribution in [0.3, 0.4) is 0 Å². The van der Waals surface area contributed by atoms with Gasteiger partial charge < -0.3 is 5.32 Å². The molecule has 2 aromatic rings. The van der Waals surface area contributed by atoms with Crippen LogP contribution in [-0.4, -0.2) is 23.5 Å². The van der Waals surface area contributed by atoms with Gasteiger partial charge in [-0.05, 0) is 36.9 Å². The molecule has 1 atom stereocenters. The fourth-order valence-corrected chi connectivity index (χ4v) is 3.14. The molecule has 0 radical (unpaired) electrons. The Hall–Kier alpha value is -1.06. The minimum Gasteiger partial charge on any atom is -0.312 e. The van der Waals surface area contributed by atoms with Gasteiger partial charge in [0.05, 0.1) is 5.52 Å². The number of aromatic nitrogens is 1. The van der Waals surface area contributed by atoms with Gasteiger partial charge >= 0.3 is 0 Å². The number of nitrogens with one attached hydrogen (secondary N) is 1. The predicted molar refractivity (Wildman–Crippen MR) is 81.2 cm³/mol. The summed E-state index contributed by atoms with van der Waals surface area (Å²) >= 11 is 2.01. The molecule has 0 saturated heterocycles. The molecule has 18 heavy (non-hydrogen) atoms. The number of benzene rings is 1. The summed E-state index contributed by atoms with van der Waals surface area (Å²) in [7, 11) is 2.03. The molecule has 1 aromatic heterocycles. The van der Waals surface area contributed by atoms with Crippen molar-refractivity contribution >= 4 is 22.7 Å². The molecule has 0 aliphatic heterocycles. The van der Waals surface area contributed by atoms with E-state index < -0.39 is 0 Å². The Morgan fingerprint density at radius 2 is 2.17 bits per heavy atom. The summed E-state index contributed by atoms with van der Waals surface area (Å²) in [6.45, 7) is 2.23. The molecule has 1 aromatic carbocycles. The van der Waals surface area contributed by atoms with Crippen LogP contribution in [0.15, 0.2) is 36.5 Å². The van der Waals surface area contributed by atoms with Crippen LogP contribution in [-0.2, 0) is 0 Å². The van der Waals surface area contributed by atoms with Crippen molar-refractivity contribution in [3.05, 3.63) is 42.1 Å². The second-order valence-corrected chi connectivity index (χ2v) is 5.48. The number of pyridine rings is 1. The van der Waals surface area contributed by atoms with Gasteiger partial charge in [-0.15, -0.1) is 0 Å². The van der Waals surface area contributed by atoms with Crippen molar-refractivity contribution < 1.29 is 0 Å². The summed E-state index contributed by atoms with van der Waals surface area (Å²) in [5.41, 5.74) is 2.43. The zero-order valence-corrected chi connectivity index (χ0v) is 11.8. The minimum atomic E-state index is 0.398. The van der Waals surface area contributed by atoms with Crippen LogP contribution >= 0.6 is 11.8 Å². The highest BCUT2D eigenvalue weighted by Gasteiger charge is 2.12. The summed E-state index contributed by atoms with van der Waals surface area (Å²) in [5.74, 6) is 2.33. The van der Waals surface area contributed by atoms with Crippen LogP contribution in [0.5, 0.6) is 0 Å². The number of nitrogens with zero attached hydrogens (tertiary/aromatic N) is 1. The molecule has 3 heteroatoms. The van der Waals surface area contributed by atoms with E-state index in [0.717, 1.165) is 11.3 Å². The lowest BCUT2D eigenvalue weighted by Crippen LogP contribution is -2.19. The molecule has 0 bridgehead atoms. The molecule has 1 heterocycles. The molecular formula is C15H20N2S. The van der Waals surface area contributed by atoms with Crippen LogP contribution in [0.4, 0.5) is 0 Å². The van der Waals surface area contributed by atoms with Gasteiger partial charge in [0.25, 0.3) is 0 Å². The van der Waals surface area contributed by atoms with Crippen LogP contribution in [0.25, 0.3) is 10.9 Å². The number of thioether (sulfide) groups is 1. The highest BCUT2D eigenvalue weighted by Crippen LogP contribution is 2.25.